The zero-order valence-electron chi connectivity index (χ0n) is 14.7. The molecule has 2 N–H and O–H groups in total. The summed E-state index contributed by atoms with van der Waals surface area (Å²) in [5.41, 5.74) is 0.0473. The average molecular weight is 354 g/mol. The van der Waals surface area contributed by atoms with Crippen LogP contribution in [0.3, 0.4) is 0 Å². The van der Waals surface area contributed by atoms with Crippen molar-refractivity contribution >= 4 is 11.9 Å². The minimum Gasteiger partial charge on any atom is -0.496 e. The van der Waals surface area contributed by atoms with Gasteiger partial charge >= 0.3 is 11.9 Å². The molecule has 0 heterocycles. The molecular formula is C18H26O7. The van der Waals surface area contributed by atoms with Gasteiger partial charge in [0.2, 0.25) is 0 Å². The molecule has 25 heavy (non-hydrogen) atoms. The molecule has 0 fully saturated rings. The van der Waals surface area contributed by atoms with Crippen molar-refractivity contribution in [3.05, 3.63) is 23.3 Å². The van der Waals surface area contributed by atoms with Crippen molar-refractivity contribution in [3.63, 3.8) is 0 Å². The molecule has 0 unspecified atom stereocenters. The normalized spacial score (nSPS) is 10.4. The number of carbonyl (C=O) groups is 2. The lowest BCUT2D eigenvalue weighted by Crippen LogP contribution is -2.10. The third-order valence-corrected chi connectivity index (χ3v) is 3.76. The average Bonchev–Trinajstić information content (AvgIpc) is 2.62. The molecule has 0 aliphatic heterocycles. The fraction of sp³-hybridized carbons (Fsp3) is 0.556. The summed E-state index contributed by atoms with van der Waals surface area (Å²) in [4.78, 5) is 23.4. The summed E-state index contributed by atoms with van der Waals surface area (Å²) >= 11 is 0. The molecule has 7 nitrogen and oxygen atoms in total. The highest BCUT2D eigenvalue weighted by Gasteiger charge is 2.21. The van der Waals surface area contributed by atoms with Crippen molar-refractivity contribution in [1.29, 1.82) is 0 Å². The topological polar surface area (TPSA) is 102 Å². The number of aromatic carboxylic acids is 1. The Morgan fingerprint density at radius 3 is 1.96 bits per heavy atom. The van der Waals surface area contributed by atoms with E-state index in [-0.39, 0.29) is 35.8 Å². The van der Waals surface area contributed by atoms with Crippen LogP contribution in [-0.4, -0.2) is 49.6 Å². The zero-order chi connectivity index (χ0) is 18.7. The van der Waals surface area contributed by atoms with Crippen LogP contribution < -0.4 is 9.47 Å². The highest BCUT2D eigenvalue weighted by molar-refractivity contribution is 5.97. The number of methoxy groups -OCH3 is 2. The van der Waals surface area contributed by atoms with Gasteiger partial charge in [0.1, 0.15) is 22.6 Å². The molecule has 0 spiro atoms. The van der Waals surface area contributed by atoms with Gasteiger partial charge in [-0.25, -0.2) is 9.59 Å². The predicted octanol–water partition coefficient (Wildman–Crippen LogP) is 2.89. The Morgan fingerprint density at radius 2 is 1.40 bits per heavy atom. The van der Waals surface area contributed by atoms with Crippen LogP contribution in [0.5, 0.6) is 11.5 Å². The molecule has 1 aromatic carbocycles. The van der Waals surface area contributed by atoms with E-state index in [0.29, 0.717) is 0 Å². The summed E-state index contributed by atoms with van der Waals surface area (Å²) < 4.78 is 15.4. The van der Waals surface area contributed by atoms with Crippen molar-refractivity contribution in [2.75, 3.05) is 27.4 Å². The largest absolute Gasteiger partial charge is 0.496 e. The molecule has 1 aromatic rings. The number of rotatable bonds is 12. The number of ether oxygens (including phenoxy) is 3. The Balaban J connectivity index is 2.58. The number of carbonyl (C=O) groups excluding carboxylic acids is 1. The number of hydrogen-bond donors (Lipinski definition) is 2. The van der Waals surface area contributed by atoms with E-state index in [1.807, 2.05) is 0 Å². The lowest BCUT2D eigenvalue weighted by molar-refractivity contribution is 0.0492. The number of hydrogen-bond acceptors (Lipinski definition) is 6. The van der Waals surface area contributed by atoms with Crippen LogP contribution in [0.1, 0.15) is 59.2 Å². The van der Waals surface area contributed by atoms with Gasteiger partial charge in [-0.1, -0.05) is 25.7 Å². The summed E-state index contributed by atoms with van der Waals surface area (Å²) in [5.74, 6) is -1.54. The molecule has 0 aromatic heterocycles. The predicted molar refractivity (Wildman–Crippen MR) is 91.6 cm³/mol. The van der Waals surface area contributed by atoms with E-state index < -0.39 is 11.9 Å². The summed E-state index contributed by atoms with van der Waals surface area (Å²) in [6.45, 7) is 0.508. The standard InChI is InChI=1S/C18H26O7/c1-23-15-12-14(16(24-2)11-13(15)17(20)21)18(22)25-10-8-6-4-3-5-7-9-19/h11-12,19H,3-10H2,1-2H3,(H,20,21). The van der Waals surface area contributed by atoms with E-state index in [1.54, 1.807) is 0 Å². The lowest BCUT2D eigenvalue weighted by Gasteiger charge is -2.12. The van der Waals surface area contributed by atoms with E-state index in [4.69, 9.17) is 24.4 Å². The van der Waals surface area contributed by atoms with Gasteiger partial charge in [-0.15, -0.1) is 0 Å². The van der Waals surface area contributed by atoms with Crippen molar-refractivity contribution in [2.45, 2.75) is 38.5 Å². The second-order valence-electron chi connectivity index (χ2n) is 5.54. The van der Waals surface area contributed by atoms with Crippen LogP contribution in [-0.2, 0) is 4.74 Å². The number of aliphatic hydroxyl groups is 1. The Kier molecular flexibility index (Phi) is 9.39. The number of carboxylic acids is 1. The van der Waals surface area contributed by atoms with Crippen LogP contribution in [0.2, 0.25) is 0 Å². The summed E-state index contributed by atoms with van der Waals surface area (Å²) in [7, 11) is 2.69. The van der Waals surface area contributed by atoms with E-state index in [1.165, 1.54) is 26.4 Å². The maximum atomic E-state index is 12.2. The number of unbranched alkanes of at least 4 members (excludes halogenated alkanes) is 5. The van der Waals surface area contributed by atoms with Crippen molar-refractivity contribution in [2.24, 2.45) is 0 Å². The molecular weight excluding hydrogens is 328 g/mol. The Hall–Kier alpha value is -2.28. The number of aliphatic hydroxyl groups excluding tert-OH is 1. The minimum absolute atomic E-state index is 0.0733. The van der Waals surface area contributed by atoms with Gasteiger partial charge < -0.3 is 24.4 Å². The maximum absolute atomic E-state index is 12.2. The molecule has 7 heteroatoms. The van der Waals surface area contributed by atoms with Crippen LogP contribution in [0.15, 0.2) is 12.1 Å². The molecule has 0 amide bonds. The quantitative estimate of drug-likeness (QED) is 0.439. The number of benzene rings is 1. The summed E-state index contributed by atoms with van der Waals surface area (Å²) in [5, 5.41) is 17.9. The van der Waals surface area contributed by atoms with Crippen molar-refractivity contribution in [3.8, 4) is 11.5 Å². The van der Waals surface area contributed by atoms with Crippen LogP contribution >= 0.6 is 0 Å². The fourth-order valence-electron chi connectivity index (χ4n) is 2.39. The van der Waals surface area contributed by atoms with Crippen molar-refractivity contribution < 1.29 is 34.0 Å². The van der Waals surface area contributed by atoms with Gasteiger partial charge in [0.05, 0.1) is 20.8 Å². The first-order valence-corrected chi connectivity index (χ1v) is 8.32. The molecule has 0 atom stereocenters. The smallest absolute Gasteiger partial charge is 0.342 e. The van der Waals surface area contributed by atoms with Gasteiger partial charge in [-0.2, -0.15) is 0 Å². The molecule has 0 aliphatic carbocycles. The molecule has 0 aliphatic rings. The minimum atomic E-state index is -1.17. The van der Waals surface area contributed by atoms with Gasteiger partial charge in [-0.3, -0.25) is 0 Å². The highest BCUT2D eigenvalue weighted by atomic mass is 16.5. The molecule has 0 bridgehead atoms. The molecule has 140 valence electrons. The third-order valence-electron chi connectivity index (χ3n) is 3.76. The molecule has 0 saturated heterocycles. The number of esters is 1. The van der Waals surface area contributed by atoms with E-state index in [9.17, 15) is 9.59 Å². The fourth-order valence-corrected chi connectivity index (χ4v) is 2.39. The molecule has 0 saturated carbocycles. The second-order valence-corrected chi connectivity index (χ2v) is 5.54. The van der Waals surface area contributed by atoms with Gasteiger partial charge in [0, 0.05) is 6.61 Å². The first kappa shape index (κ1) is 20.8. The Labute approximate surface area is 147 Å². The monoisotopic (exact) mass is 354 g/mol. The molecule has 0 radical (unpaired) electrons. The van der Waals surface area contributed by atoms with Gasteiger partial charge in [-0.05, 0) is 25.0 Å². The first-order valence-electron chi connectivity index (χ1n) is 8.32. The first-order chi connectivity index (χ1) is 12.0. The van der Waals surface area contributed by atoms with Crippen LogP contribution in [0.4, 0.5) is 0 Å². The number of carboxylic acid groups (broad SMARTS) is 1. The van der Waals surface area contributed by atoms with E-state index >= 15 is 0 Å². The summed E-state index contributed by atoms with van der Waals surface area (Å²) in [6, 6.07) is 2.57. The van der Waals surface area contributed by atoms with Gasteiger partial charge in [0.15, 0.2) is 0 Å². The lowest BCUT2D eigenvalue weighted by atomic mass is 10.1. The third kappa shape index (κ3) is 6.62. The van der Waals surface area contributed by atoms with E-state index in [2.05, 4.69) is 0 Å². The maximum Gasteiger partial charge on any atom is 0.342 e. The Morgan fingerprint density at radius 1 is 0.880 bits per heavy atom. The Bertz CT molecular complexity index is 569. The van der Waals surface area contributed by atoms with Crippen molar-refractivity contribution in [1.82, 2.24) is 0 Å². The van der Waals surface area contributed by atoms with E-state index in [0.717, 1.165) is 38.5 Å². The zero-order valence-corrected chi connectivity index (χ0v) is 14.7. The highest BCUT2D eigenvalue weighted by Crippen LogP contribution is 2.29. The van der Waals surface area contributed by atoms with Crippen LogP contribution in [0, 0.1) is 0 Å². The second kappa shape index (κ2) is 11.3. The SMILES string of the molecule is COc1cc(C(=O)OCCCCCCCCO)c(OC)cc1C(=O)O. The summed E-state index contributed by atoms with van der Waals surface area (Å²) in [6.07, 6.45) is 5.60. The molecule has 1 rings (SSSR count). The van der Waals surface area contributed by atoms with Crippen LogP contribution in [0.25, 0.3) is 0 Å². The van der Waals surface area contributed by atoms with Gasteiger partial charge in [0.25, 0.3) is 0 Å².